The van der Waals surface area contributed by atoms with Gasteiger partial charge in [0.2, 0.25) is 0 Å². The van der Waals surface area contributed by atoms with E-state index in [-0.39, 0.29) is 10.6 Å². The predicted octanol–water partition coefficient (Wildman–Crippen LogP) is 11.6. The van der Waals surface area contributed by atoms with E-state index in [9.17, 15) is 159 Å². The van der Waals surface area contributed by atoms with Crippen LogP contribution in [0.3, 0.4) is 0 Å². The Hall–Kier alpha value is -4.22. The second kappa shape index (κ2) is 14.7. The van der Waals surface area contributed by atoms with Crippen molar-refractivity contribution in [2.75, 3.05) is 10.6 Å². The summed E-state index contributed by atoms with van der Waals surface area (Å²) in [4.78, 5) is 23.2. The third-order valence-corrected chi connectivity index (χ3v) is 7.42. The van der Waals surface area contributed by atoms with Gasteiger partial charge in [-0.1, -0.05) is 0 Å². The van der Waals surface area contributed by atoms with Gasteiger partial charge in [-0.15, -0.1) is 0 Å². The van der Waals surface area contributed by atoms with Gasteiger partial charge in [-0.3, -0.25) is 9.59 Å². The standard InChI is InChI=1S/C24H6F34N2O2/c25-9(26,11(29,30)13(33,34)15(37,38)17(41,42)19(45,46)21(49,50)23(53,54)55)7(61)59-5-1-2-6(4-3-5)60-8(62)10(27,28)12(31,32)14(35,36)16(39,40)18(43,44)20(47,48)22(51,52)24(56,57)58/h1-4H,(H,59,61)(H,60,62). The lowest BCUT2D eigenvalue weighted by Gasteiger charge is -2.42. The number of carbonyl (C=O) groups is 2. The average Bonchev–Trinajstić information content (AvgIpc) is 3.06. The van der Waals surface area contributed by atoms with E-state index in [4.69, 9.17) is 0 Å². The molecule has 1 aromatic rings. The summed E-state index contributed by atoms with van der Waals surface area (Å²) in [5.41, 5.74) is -3.75. The topological polar surface area (TPSA) is 58.2 Å². The lowest BCUT2D eigenvalue weighted by Crippen LogP contribution is -2.75. The lowest BCUT2D eigenvalue weighted by molar-refractivity contribution is -0.459. The van der Waals surface area contributed by atoms with Crippen LogP contribution in [0.5, 0.6) is 0 Å². The molecule has 0 radical (unpaired) electrons. The fourth-order valence-electron chi connectivity index (χ4n) is 3.67. The van der Waals surface area contributed by atoms with Crippen LogP contribution in [0.2, 0.25) is 0 Å². The molecule has 0 aliphatic heterocycles. The van der Waals surface area contributed by atoms with E-state index in [1.54, 1.807) is 0 Å². The highest BCUT2D eigenvalue weighted by atomic mass is 19.4. The first-order valence-corrected chi connectivity index (χ1v) is 13.7. The van der Waals surface area contributed by atoms with Crippen molar-refractivity contribution < 1.29 is 159 Å². The zero-order chi connectivity index (χ0) is 50.6. The maximum absolute atomic E-state index is 14.1. The second-order valence-electron chi connectivity index (χ2n) is 11.5. The fraction of sp³-hybridized carbons (Fsp3) is 0.667. The van der Waals surface area contributed by atoms with Crippen LogP contribution in [0.25, 0.3) is 0 Å². The molecule has 2 amide bonds. The van der Waals surface area contributed by atoms with Crippen LogP contribution in [0.4, 0.5) is 161 Å². The van der Waals surface area contributed by atoms with Crippen molar-refractivity contribution in [2.24, 2.45) is 0 Å². The number of rotatable bonds is 16. The first-order chi connectivity index (χ1) is 26.5. The number of benzene rings is 1. The zero-order valence-corrected chi connectivity index (χ0v) is 27.0. The minimum absolute atomic E-state index is 0.172. The summed E-state index contributed by atoms with van der Waals surface area (Å²) < 4.78 is 455. The summed E-state index contributed by atoms with van der Waals surface area (Å²) in [5.74, 6) is -131. The van der Waals surface area contributed by atoms with E-state index in [2.05, 4.69) is 0 Å². The summed E-state index contributed by atoms with van der Waals surface area (Å²) in [7, 11) is 0. The summed E-state index contributed by atoms with van der Waals surface area (Å²) in [6.07, 6.45) is -16.2. The molecule has 0 unspecified atom stereocenters. The maximum atomic E-state index is 14.1. The predicted molar refractivity (Wildman–Crippen MR) is 125 cm³/mol. The van der Waals surface area contributed by atoms with Gasteiger partial charge in [-0.05, 0) is 24.3 Å². The van der Waals surface area contributed by atoms with E-state index in [1.165, 1.54) is 0 Å². The molecule has 0 heterocycles. The number of hydrogen-bond acceptors (Lipinski definition) is 2. The monoisotopic (exact) mass is 1000 g/mol. The maximum Gasteiger partial charge on any atom is 0.460 e. The molecule has 4 nitrogen and oxygen atoms in total. The SMILES string of the molecule is O=C(Nc1ccc(NC(=O)C(F)(F)C(F)(F)C(F)(F)C(F)(F)C(F)(F)C(F)(F)C(F)(F)C(F)(F)F)cc1)C(F)(F)C(F)(F)C(F)(F)C(F)(F)C(F)(F)C(F)(F)C(F)(F)C(F)(F)F. The molecule has 362 valence electrons. The van der Waals surface area contributed by atoms with Crippen LogP contribution >= 0.6 is 0 Å². The number of carbonyl (C=O) groups excluding carboxylic acids is 2. The minimum Gasteiger partial charge on any atom is -0.321 e. The van der Waals surface area contributed by atoms with Gasteiger partial charge < -0.3 is 10.6 Å². The number of alkyl halides is 34. The Morgan fingerprint density at radius 1 is 0.258 bits per heavy atom. The van der Waals surface area contributed by atoms with Crippen molar-refractivity contribution in [1.29, 1.82) is 0 Å². The molecule has 0 bridgehead atoms. The molecular formula is C24H6F34N2O2. The lowest BCUT2D eigenvalue weighted by atomic mass is 9.88. The Kier molecular flexibility index (Phi) is 13.2. The Labute approximate surface area is 313 Å². The van der Waals surface area contributed by atoms with Gasteiger partial charge in [-0.2, -0.15) is 149 Å². The van der Waals surface area contributed by atoms with Crippen molar-refractivity contribution in [3.8, 4) is 0 Å². The average molecular weight is 1000 g/mol. The molecule has 0 saturated carbocycles. The molecule has 0 saturated heterocycles. The van der Waals surface area contributed by atoms with Gasteiger partial charge in [-0.25, -0.2) is 0 Å². The number of hydrogen-bond donors (Lipinski definition) is 2. The van der Waals surface area contributed by atoms with Crippen molar-refractivity contribution >= 4 is 23.2 Å². The highest BCUT2D eigenvalue weighted by Gasteiger charge is 2.97. The summed E-state index contributed by atoms with van der Waals surface area (Å²) in [6.45, 7) is 0. The molecule has 62 heavy (non-hydrogen) atoms. The first-order valence-electron chi connectivity index (χ1n) is 13.7. The highest BCUT2D eigenvalue weighted by molar-refractivity contribution is 5.99. The van der Waals surface area contributed by atoms with Gasteiger partial charge in [0.1, 0.15) is 0 Å². The van der Waals surface area contributed by atoms with Crippen LogP contribution in [0, 0.1) is 0 Å². The Balaban J connectivity index is 3.52. The van der Waals surface area contributed by atoms with E-state index >= 15 is 0 Å². The molecule has 1 aromatic carbocycles. The summed E-state index contributed by atoms with van der Waals surface area (Å²) in [5, 5.41) is 0.343. The zero-order valence-electron chi connectivity index (χ0n) is 27.0. The Morgan fingerprint density at radius 2 is 0.403 bits per heavy atom. The van der Waals surface area contributed by atoms with Crippen molar-refractivity contribution in [3.05, 3.63) is 24.3 Å². The fourth-order valence-corrected chi connectivity index (χ4v) is 3.67. The number of amides is 2. The van der Waals surface area contributed by atoms with E-state index < -0.39 is 143 Å². The first kappa shape index (κ1) is 55.8. The quantitative estimate of drug-likeness (QED) is 0.162. The third kappa shape index (κ3) is 7.27. The number of nitrogens with one attached hydrogen (secondary N) is 2. The molecule has 38 heteroatoms. The summed E-state index contributed by atoms with van der Waals surface area (Å²) in [6, 6.07) is -1.81. The van der Waals surface area contributed by atoms with Gasteiger partial charge in [0, 0.05) is 11.4 Å². The van der Waals surface area contributed by atoms with Crippen LogP contribution in [0.1, 0.15) is 0 Å². The normalized spacial score (nSPS) is 16.0. The molecule has 1 rings (SSSR count). The molecule has 0 aromatic heterocycles. The Bertz CT molecular complexity index is 1690. The number of halogens is 34. The van der Waals surface area contributed by atoms with Crippen LogP contribution < -0.4 is 10.6 Å². The Morgan fingerprint density at radius 3 is 0.565 bits per heavy atom. The van der Waals surface area contributed by atoms with Gasteiger partial charge in [0.15, 0.2) is 0 Å². The van der Waals surface area contributed by atoms with E-state index in [0.717, 1.165) is 0 Å². The molecular weight excluding hydrogens is 994 g/mol. The number of anilines is 2. The molecule has 0 atom stereocenters. The van der Waals surface area contributed by atoms with E-state index in [1.807, 2.05) is 0 Å². The van der Waals surface area contributed by atoms with Gasteiger partial charge in [0.25, 0.3) is 0 Å². The molecule has 0 spiro atoms. The van der Waals surface area contributed by atoms with Crippen LogP contribution in [-0.4, -0.2) is 107 Å². The van der Waals surface area contributed by atoms with Crippen LogP contribution in [0.15, 0.2) is 24.3 Å². The van der Waals surface area contributed by atoms with E-state index in [0.29, 0.717) is 0 Å². The molecule has 2 N–H and O–H groups in total. The van der Waals surface area contributed by atoms with Gasteiger partial charge in [0.05, 0.1) is 0 Å². The van der Waals surface area contributed by atoms with Crippen molar-refractivity contribution in [1.82, 2.24) is 0 Å². The van der Waals surface area contributed by atoms with Crippen molar-refractivity contribution in [2.45, 2.75) is 95.3 Å². The smallest absolute Gasteiger partial charge is 0.321 e. The largest absolute Gasteiger partial charge is 0.460 e. The minimum atomic E-state index is -9.16. The second-order valence-corrected chi connectivity index (χ2v) is 11.5. The molecule has 0 aliphatic carbocycles. The summed E-state index contributed by atoms with van der Waals surface area (Å²) >= 11 is 0. The van der Waals surface area contributed by atoms with Crippen molar-refractivity contribution in [3.63, 3.8) is 0 Å². The highest BCUT2D eigenvalue weighted by Crippen LogP contribution is 2.66. The molecule has 0 fully saturated rings. The van der Waals surface area contributed by atoms with Gasteiger partial charge >= 0.3 is 107 Å². The molecule has 0 aliphatic rings. The third-order valence-electron chi connectivity index (χ3n) is 7.42. The van der Waals surface area contributed by atoms with Crippen LogP contribution in [-0.2, 0) is 9.59 Å².